The van der Waals surface area contributed by atoms with Crippen LogP contribution in [0.1, 0.15) is 17.4 Å². The predicted molar refractivity (Wildman–Crippen MR) is 64.4 cm³/mol. The molecule has 2 rings (SSSR count). The van der Waals surface area contributed by atoms with Gasteiger partial charge in [0.1, 0.15) is 11.4 Å². The van der Waals surface area contributed by atoms with Crippen molar-refractivity contribution in [1.82, 2.24) is 0 Å². The van der Waals surface area contributed by atoms with Crippen molar-refractivity contribution >= 4 is 22.9 Å². The van der Waals surface area contributed by atoms with E-state index in [2.05, 4.69) is 0 Å². The Morgan fingerprint density at radius 1 is 1.31 bits per heavy atom. The highest BCUT2D eigenvalue weighted by Crippen LogP contribution is 2.35. The summed E-state index contributed by atoms with van der Waals surface area (Å²) >= 11 is 7.11. The lowest BCUT2D eigenvalue weighted by atomic mass is 9.94. The molecule has 1 N–H and O–H groups in total. The lowest BCUT2D eigenvalue weighted by molar-refractivity contribution is 0.106. The summed E-state index contributed by atoms with van der Waals surface area (Å²) in [6.07, 6.45) is 0. The fourth-order valence-corrected chi connectivity index (χ4v) is 2.62. The van der Waals surface area contributed by atoms with Crippen molar-refractivity contribution in [2.24, 2.45) is 0 Å². The van der Waals surface area contributed by atoms with Crippen LogP contribution in [0.3, 0.4) is 0 Å². The summed E-state index contributed by atoms with van der Waals surface area (Å²) in [6.45, 7) is 1.63. The molecule has 0 aliphatic carbocycles. The zero-order valence-corrected chi connectivity index (χ0v) is 10.1. The predicted octanol–water partition coefficient (Wildman–Crippen LogP) is 3.80. The van der Waals surface area contributed by atoms with Crippen LogP contribution in [0.5, 0.6) is 0 Å². The van der Waals surface area contributed by atoms with Crippen LogP contribution in [-0.2, 0) is 5.60 Å². The monoisotopic (exact) mass is 256 g/mol. The minimum absolute atomic E-state index is 0.361. The van der Waals surface area contributed by atoms with E-state index >= 15 is 0 Å². The molecule has 0 fully saturated rings. The molecule has 84 valence electrons. The molecule has 0 amide bonds. The van der Waals surface area contributed by atoms with Crippen LogP contribution >= 0.6 is 22.9 Å². The van der Waals surface area contributed by atoms with Gasteiger partial charge in [-0.25, -0.2) is 4.39 Å². The first-order valence-corrected chi connectivity index (χ1v) is 5.94. The molecule has 16 heavy (non-hydrogen) atoms. The SMILES string of the molecule is CC(O)(c1cccc(F)c1)c1ccc(Cl)s1. The van der Waals surface area contributed by atoms with Gasteiger partial charge in [0.05, 0.1) is 4.34 Å². The smallest absolute Gasteiger partial charge is 0.123 e. The minimum Gasteiger partial charge on any atom is -0.380 e. The summed E-state index contributed by atoms with van der Waals surface area (Å²) in [4.78, 5) is 0.697. The molecule has 0 aliphatic heterocycles. The Balaban J connectivity index is 2.46. The number of aliphatic hydroxyl groups is 1. The van der Waals surface area contributed by atoms with Gasteiger partial charge in [0.15, 0.2) is 0 Å². The van der Waals surface area contributed by atoms with E-state index in [1.165, 1.54) is 23.5 Å². The van der Waals surface area contributed by atoms with Gasteiger partial charge in [0.25, 0.3) is 0 Å². The van der Waals surface area contributed by atoms with Crippen molar-refractivity contribution in [3.05, 3.63) is 57.0 Å². The van der Waals surface area contributed by atoms with E-state index in [4.69, 9.17) is 11.6 Å². The summed E-state index contributed by atoms with van der Waals surface area (Å²) < 4.78 is 13.7. The standard InChI is InChI=1S/C12H10ClFOS/c1-12(15,10-5-6-11(13)16-10)8-3-2-4-9(14)7-8/h2-7,15H,1H3. The van der Waals surface area contributed by atoms with Gasteiger partial charge in [-0.3, -0.25) is 0 Å². The van der Waals surface area contributed by atoms with Gasteiger partial charge in [-0.1, -0.05) is 23.7 Å². The van der Waals surface area contributed by atoms with E-state index in [1.807, 2.05) is 0 Å². The third-order valence-electron chi connectivity index (χ3n) is 2.44. The first-order chi connectivity index (χ1) is 7.50. The topological polar surface area (TPSA) is 20.2 Å². The minimum atomic E-state index is -1.21. The Hall–Kier alpha value is -0.900. The molecule has 1 unspecified atom stereocenters. The van der Waals surface area contributed by atoms with Crippen molar-refractivity contribution in [2.45, 2.75) is 12.5 Å². The van der Waals surface area contributed by atoms with Crippen LogP contribution in [0.2, 0.25) is 4.34 Å². The highest BCUT2D eigenvalue weighted by atomic mass is 35.5. The van der Waals surface area contributed by atoms with Gasteiger partial charge in [-0.05, 0) is 36.8 Å². The number of halogens is 2. The maximum atomic E-state index is 13.1. The van der Waals surface area contributed by atoms with Gasteiger partial charge in [0, 0.05) is 4.88 Å². The van der Waals surface area contributed by atoms with Crippen LogP contribution in [0, 0.1) is 5.82 Å². The lowest BCUT2D eigenvalue weighted by Crippen LogP contribution is -2.21. The summed E-state index contributed by atoms with van der Waals surface area (Å²) in [7, 11) is 0. The molecule has 1 heterocycles. The molecular weight excluding hydrogens is 247 g/mol. The van der Waals surface area contributed by atoms with E-state index < -0.39 is 5.60 Å². The molecule has 4 heteroatoms. The second kappa shape index (κ2) is 4.17. The molecule has 0 saturated heterocycles. The van der Waals surface area contributed by atoms with E-state index in [1.54, 1.807) is 31.2 Å². The van der Waals surface area contributed by atoms with Crippen molar-refractivity contribution < 1.29 is 9.50 Å². The van der Waals surface area contributed by atoms with Crippen molar-refractivity contribution in [1.29, 1.82) is 0 Å². The molecule has 0 bridgehead atoms. The third kappa shape index (κ3) is 2.12. The van der Waals surface area contributed by atoms with Gasteiger partial charge in [0.2, 0.25) is 0 Å². The Morgan fingerprint density at radius 2 is 2.06 bits per heavy atom. The number of hydrogen-bond donors (Lipinski definition) is 1. The molecule has 1 nitrogen and oxygen atoms in total. The Bertz CT molecular complexity index is 507. The summed E-state index contributed by atoms with van der Waals surface area (Å²) in [5, 5.41) is 10.4. The second-order valence-electron chi connectivity index (χ2n) is 3.69. The van der Waals surface area contributed by atoms with E-state index in [0.717, 1.165) is 0 Å². The van der Waals surface area contributed by atoms with Crippen LogP contribution in [0.4, 0.5) is 4.39 Å². The summed E-state index contributed by atoms with van der Waals surface area (Å²) in [5.41, 5.74) is -0.689. The van der Waals surface area contributed by atoms with Crippen molar-refractivity contribution in [2.75, 3.05) is 0 Å². The molecule has 0 aliphatic rings. The molecule has 1 aromatic heterocycles. The Morgan fingerprint density at radius 3 is 2.62 bits per heavy atom. The van der Waals surface area contributed by atoms with Crippen molar-refractivity contribution in [3.8, 4) is 0 Å². The van der Waals surface area contributed by atoms with E-state index in [9.17, 15) is 9.50 Å². The Kier molecular flexibility index (Phi) is 3.02. The van der Waals surface area contributed by atoms with Crippen LogP contribution in [-0.4, -0.2) is 5.11 Å². The maximum Gasteiger partial charge on any atom is 0.123 e. The van der Waals surface area contributed by atoms with E-state index in [0.29, 0.717) is 14.8 Å². The van der Waals surface area contributed by atoms with Gasteiger partial charge >= 0.3 is 0 Å². The number of hydrogen-bond acceptors (Lipinski definition) is 2. The molecule has 2 aromatic rings. The zero-order chi connectivity index (χ0) is 11.8. The Labute approximate surface area is 102 Å². The van der Waals surface area contributed by atoms with E-state index in [-0.39, 0.29) is 5.82 Å². The number of benzene rings is 1. The molecule has 0 spiro atoms. The maximum absolute atomic E-state index is 13.1. The number of thiophene rings is 1. The quantitative estimate of drug-likeness (QED) is 0.867. The van der Waals surface area contributed by atoms with Gasteiger partial charge in [-0.15, -0.1) is 11.3 Å². The largest absolute Gasteiger partial charge is 0.380 e. The summed E-state index contributed by atoms with van der Waals surface area (Å²) in [5.74, 6) is -0.361. The molecule has 1 aromatic carbocycles. The number of rotatable bonds is 2. The van der Waals surface area contributed by atoms with Gasteiger partial charge < -0.3 is 5.11 Å². The highest BCUT2D eigenvalue weighted by molar-refractivity contribution is 7.16. The molecule has 1 atom stereocenters. The fraction of sp³-hybridized carbons (Fsp3) is 0.167. The first kappa shape index (κ1) is 11.6. The van der Waals surface area contributed by atoms with Crippen LogP contribution < -0.4 is 0 Å². The fourth-order valence-electron chi connectivity index (χ4n) is 1.51. The van der Waals surface area contributed by atoms with Crippen LogP contribution in [0.25, 0.3) is 0 Å². The highest BCUT2D eigenvalue weighted by Gasteiger charge is 2.27. The summed E-state index contributed by atoms with van der Waals surface area (Å²) in [6, 6.07) is 9.41. The molecular formula is C12H10ClFOS. The third-order valence-corrected chi connectivity index (χ3v) is 3.88. The van der Waals surface area contributed by atoms with Crippen LogP contribution in [0.15, 0.2) is 36.4 Å². The average Bonchev–Trinajstić information content (AvgIpc) is 2.65. The normalized spacial score (nSPS) is 14.8. The lowest BCUT2D eigenvalue weighted by Gasteiger charge is -2.22. The average molecular weight is 257 g/mol. The van der Waals surface area contributed by atoms with Gasteiger partial charge in [-0.2, -0.15) is 0 Å². The molecule has 0 radical (unpaired) electrons. The molecule has 0 saturated carbocycles. The first-order valence-electron chi connectivity index (χ1n) is 4.74. The zero-order valence-electron chi connectivity index (χ0n) is 8.58. The van der Waals surface area contributed by atoms with Crippen molar-refractivity contribution in [3.63, 3.8) is 0 Å². The second-order valence-corrected chi connectivity index (χ2v) is 5.40.